The van der Waals surface area contributed by atoms with Gasteiger partial charge >= 0.3 is 0 Å². The van der Waals surface area contributed by atoms with Gasteiger partial charge in [-0.2, -0.15) is 0 Å². The Morgan fingerprint density at radius 1 is 1.44 bits per heavy atom. The molecule has 0 saturated heterocycles. The summed E-state index contributed by atoms with van der Waals surface area (Å²) in [6.07, 6.45) is 2.71. The van der Waals surface area contributed by atoms with Crippen LogP contribution in [-0.4, -0.2) is 26.3 Å². The minimum absolute atomic E-state index is 0.570. The van der Waals surface area contributed by atoms with E-state index in [9.17, 15) is 0 Å². The molecule has 1 aromatic carbocycles. The van der Waals surface area contributed by atoms with E-state index in [0.717, 1.165) is 24.8 Å². The van der Waals surface area contributed by atoms with Gasteiger partial charge in [-0.3, -0.25) is 0 Å². The van der Waals surface area contributed by atoms with E-state index in [4.69, 9.17) is 10.5 Å². The third-order valence-corrected chi connectivity index (χ3v) is 3.87. The van der Waals surface area contributed by atoms with E-state index in [1.165, 1.54) is 24.1 Å². The minimum Gasteiger partial charge on any atom is -0.399 e. The molecule has 0 radical (unpaired) electrons. The first-order valence-corrected chi connectivity index (χ1v) is 6.75. The summed E-state index contributed by atoms with van der Waals surface area (Å²) in [7, 11) is 1.76. The summed E-state index contributed by atoms with van der Waals surface area (Å²) in [5, 5.41) is 0. The Morgan fingerprint density at radius 2 is 2.17 bits per heavy atom. The average Bonchev–Trinajstić information content (AvgIpc) is 3.17. The van der Waals surface area contributed by atoms with Crippen LogP contribution in [0.1, 0.15) is 25.3 Å². The van der Waals surface area contributed by atoms with Gasteiger partial charge in [-0.15, -0.1) is 0 Å². The maximum Gasteiger partial charge on any atom is 0.0637 e. The highest BCUT2D eigenvalue weighted by atomic mass is 16.5. The number of ether oxygens (including phenoxy) is 1. The molecule has 0 heterocycles. The molecule has 3 nitrogen and oxygen atoms in total. The number of anilines is 2. The van der Waals surface area contributed by atoms with Crippen LogP contribution in [0.4, 0.5) is 11.4 Å². The third kappa shape index (κ3) is 2.96. The van der Waals surface area contributed by atoms with Gasteiger partial charge in [0.2, 0.25) is 0 Å². The van der Waals surface area contributed by atoms with Crippen molar-refractivity contribution in [2.75, 3.05) is 30.9 Å². The molecule has 2 rings (SSSR count). The molecule has 1 aromatic rings. The van der Waals surface area contributed by atoms with Crippen molar-refractivity contribution >= 4 is 11.4 Å². The molecule has 1 fully saturated rings. The van der Waals surface area contributed by atoms with Crippen molar-refractivity contribution in [3.05, 3.63) is 23.8 Å². The van der Waals surface area contributed by atoms with E-state index < -0.39 is 0 Å². The molecule has 0 spiro atoms. The summed E-state index contributed by atoms with van der Waals surface area (Å²) in [5.74, 6) is 0.836. The largest absolute Gasteiger partial charge is 0.399 e. The molecule has 18 heavy (non-hydrogen) atoms. The summed E-state index contributed by atoms with van der Waals surface area (Å²) >= 11 is 0. The van der Waals surface area contributed by atoms with Crippen LogP contribution in [0.15, 0.2) is 18.2 Å². The zero-order valence-electron chi connectivity index (χ0n) is 11.6. The quantitative estimate of drug-likeness (QED) is 0.787. The number of nitrogens with two attached hydrogens (primary N) is 1. The fourth-order valence-corrected chi connectivity index (χ4v) is 2.50. The molecule has 0 bridgehead atoms. The number of benzene rings is 1. The van der Waals surface area contributed by atoms with Crippen LogP contribution < -0.4 is 10.6 Å². The lowest BCUT2D eigenvalue weighted by Crippen LogP contribution is -2.37. The number of hydrogen-bond acceptors (Lipinski definition) is 3. The second kappa shape index (κ2) is 5.61. The average molecular weight is 248 g/mol. The normalized spacial score (nSPS) is 16.6. The molecule has 3 heteroatoms. The topological polar surface area (TPSA) is 38.5 Å². The van der Waals surface area contributed by atoms with E-state index in [1.54, 1.807) is 7.11 Å². The fourth-order valence-electron chi connectivity index (χ4n) is 2.50. The van der Waals surface area contributed by atoms with Crippen molar-refractivity contribution < 1.29 is 4.74 Å². The Hall–Kier alpha value is -1.22. The highest BCUT2D eigenvalue weighted by molar-refractivity contribution is 5.61. The number of hydrogen-bond donors (Lipinski definition) is 1. The number of nitrogens with zero attached hydrogens (tertiary/aromatic N) is 1. The van der Waals surface area contributed by atoms with Gasteiger partial charge < -0.3 is 15.4 Å². The van der Waals surface area contributed by atoms with E-state index in [-0.39, 0.29) is 0 Å². The Kier molecular flexibility index (Phi) is 4.12. The van der Waals surface area contributed by atoms with Gasteiger partial charge in [0.15, 0.2) is 0 Å². The van der Waals surface area contributed by atoms with Crippen molar-refractivity contribution in [1.29, 1.82) is 0 Å². The van der Waals surface area contributed by atoms with Crippen LogP contribution in [0.3, 0.4) is 0 Å². The van der Waals surface area contributed by atoms with Gasteiger partial charge in [0.05, 0.1) is 6.61 Å². The summed E-state index contributed by atoms with van der Waals surface area (Å²) in [4.78, 5) is 2.45. The van der Waals surface area contributed by atoms with Gasteiger partial charge in [-0.1, -0.05) is 6.07 Å². The zero-order valence-corrected chi connectivity index (χ0v) is 11.6. The molecule has 2 N–H and O–H groups in total. The Labute approximate surface area is 110 Å². The predicted octanol–water partition coefficient (Wildman–Crippen LogP) is 2.83. The van der Waals surface area contributed by atoms with Crippen molar-refractivity contribution in [1.82, 2.24) is 0 Å². The minimum atomic E-state index is 0.570. The molecule has 0 aromatic heterocycles. The highest BCUT2D eigenvalue weighted by Gasteiger charge is 2.32. The van der Waals surface area contributed by atoms with Gasteiger partial charge in [0, 0.05) is 31.1 Å². The standard InChI is InChI=1S/C15H24N2O/c1-11-4-7-14(16)10-15(11)17(8-9-18-3)12(2)13-5-6-13/h4,7,10,12-13H,5-6,8-9,16H2,1-3H3. The van der Waals surface area contributed by atoms with E-state index >= 15 is 0 Å². The number of nitrogen functional groups attached to an aromatic ring is 1. The molecule has 0 amide bonds. The maximum absolute atomic E-state index is 5.93. The van der Waals surface area contributed by atoms with Gasteiger partial charge in [0.1, 0.15) is 0 Å². The second-order valence-corrected chi connectivity index (χ2v) is 5.31. The molecule has 1 atom stereocenters. The lowest BCUT2D eigenvalue weighted by atomic mass is 10.1. The number of rotatable bonds is 6. The first-order chi connectivity index (χ1) is 8.63. The Balaban J connectivity index is 2.22. The summed E-state index contributed by atoms with van der Waals surface area (Å²) < 4.78 is 5.24. The summed E-state index contributed by atoms with van der Waals surface area (Å²) in [6, 6.07) is 6.73. The van der Waals surface area contributed by atoms with Crippen LogP contribution in [0.5, 0.6) is 0 Å². The molecule has 100 valence electrons. The number of methoxy groups -OCH3 is 1. The lowest BCUT2D eigenvalue weighted by molar-refractivity contribution is 0.202. The SMILES string of the molecule is COCCN(c1cc(N)ccc1C)C(C)C1CC1. The second-order valence-electron chi connectivity index (χ2n) is 5.31. The van der Waals surface area contributed by atoms with Crippen molar-refractivity contribution in [2.45, 2.75) is 32.7 Å². The highest BCUT2D eigenvalue weighted by Crippen LogP contribution is 2.37. The molecular weight excluding hydrogens is 224 g/mol. The fraction of sp³-hybridized carbons (Fsp3) is 0.600. The van der Waals surface area contributed by atoms with E-state index in [0.29, 0.717) is 6.04 Å². The lowest BCUT2D eigenvalue weighted by Gasteiger charge is -2.33. The van der Waals surface area contributed by atoms with Crippen LogP contribution in [-0.2, 0) is 4.74 Å². The molecular formula is C15H24N2O. The first kappa shape index (κ1) is 13.2. The zero-order chi connectivity index (χ0) is 13.1. The first-order valence-electron chi connectivity index (χ1n) is 6.75. The molecule has 1 unspecified atom stereocenters. The molecule has 0 aliphatic heterocycles. The van der Waals surface area contributed by atoms with Crippen molar-refractivity contribution in [3.8, 4) is 0 Å². The van der Waals surface area contributed by atoms with Gasteiger partial charge in [-0.05, 0) is 50.3 Å². The summed E-state index contributed by atoms with van der Waals surface area (Å²) in [6.45, 7) is 6.15. The Bertz CT molecular complexity index is 401. The van der Waals surface area contributed by atoms with Crippen molar-refractivity contribution in [2.24, 2.45) is 5.92 Å². The summed E-state index contributed by atoms with van der Waals surface area (Å²) in [5.41, 5.74) is 9.30. The van der Waals surface area contributed by atoms with Crippen LogP contribution in [0, 0.1) is 12.8 Å². The predicted molar refractivity (Wildman–Crippen MR) is 77.0 cm³/mol. The van der Waals surface area contributed by atoms with Crippen molar-refractivity contribution in [3.63, 3.8) is 0 Å². The number of aryl methyl sites for hydroxylation is 1. The van der Waals surface area contributed by atoms with E-state index in [2.05, 4.69) is 30.9 Å². The monoisotopic (exact) mass is 248 g/mol. The third-order valence-electron chi connectivity index (χ3n) is 3.87. The van der Waals surface area contributed by atoms with Crippen LogP contribution in [0.2, 0.25) is 0 Å². The molecule has 1 aliphatic carbocycles. The van der Waals surface area contributed by atoms with Gasteiger partial charge in [0.25, 0.3) is 0 Å². The molecule has 1 saturated carbocycles. The van der Waals surface area contributed by atoms with Crippen LogP contribution >= 0.6 is 0 Å². The van der Waals surface area contributed by atoms with Gasteiger partial charge in [-0.25, -0.2) is 0 Å². The van der Waals surface area contributed by atoms with E-state index in [1.807, 2.05) is 6.07 Å². The maximum atomic E-state index is 5.93. The Morgan fingerprint density at radius 3 is 2.78 bits per heavy atom. The molecule has 1 aliphatic rings. The van der Waals surface area contributed by atoms with Crippen LogP contribution in [0.25, 0.3) is 0 Å². The smallest absolute Gasteiger partial charge is 0.0637 e.